The number of nitrogens with zero attached hydrogens (tertiary/aromatic N) is 1. The van der Waals surface area contributed by atoms with Crippen LogP contribution in [0.2, 0.25) is 0 Å². The van der Waals surface area contributed by atoms with Gasteiger partial charge in [0, 0.05) is 11.8 Å². The number of alkyl halides is 1. The molecule has 0 atom stereocenters. The fourth-order valence-electron chi connectivity index (χ4n) is 1.03. The number of carbonyl (C=O) groups excluding carboxylic acids is 1. The topological polar surface area (TPSA) is 59.4 Å². The highest BCUT2D eigenvalue weighted by Gasteiger charge is 2.10. The van der Waals surface area contributed by atoms with Gasteiger partial charge in [0.05, 0.1) is 25.0 Å². The smallest absolute Gasteiger partial charge is 0.339 e. The summed E-state index contributed by atoms with van der Waals surface area (Å²) in [5.74, 6) is -0.573. The van der Waals surface area contributed by atoms with E-state index in [0.29, 0.717) is 0 Å². The van der Waals surface area contributed by atoms with Gasteiger partial charge in [-0.15, -0.1) is 0 Å². The number of aliphatic hydroxyl groups is 1. The number of esters is 1. The van der Waals surface area contributed by atoms with E-state index in [1.165, 1.54) is 19.4 Å². The molecule has 0 spiro atoms. The summed E-state index contributed by atoms with van der Waals surface area (Å²) in [4.78, 5) is 14.8. The van der Waals surface area contributed by atoms with Crippen LogP contribution in [0.1, 0.15) is 21.6 Å². The summed E-state index contributed by atoms with van der Waals surface area (Å²) in [6.07, 6.45) is 1.25. The first-order chi connectivity index (χ1) is 6.72. The fraction of sp³-hybridized carbons (Fsp3) is 0.333. The van der Waals surface area contributed by atoms with Crippen LogP contribution in [0.4, 0.5) is 4.39 Å². The third-order valence-electron chi connectivity index (χ3n) is 1.77. The molecule has 0 bridgehead atoms. The largest absolute Gasteiger partial charge is 0.465 e. The Hall–Kier alpha value is -1.49. The Kier molecular flexibility index (Phi) is 3.53. The highest BCUT2D eigenvalue weighted by Crippen LogP contribution is 2.11. The number of hydrogen-bond donors (Lipinski definition) is 1. The highest BCUT2D eigenvalue weighted by molar-refractivity contribution is 5.89. The lowest BCUT2D eigenvalue weighted by molar-refractivity contribution is 0.0600. The van der Waals surface area contributed by atoms with Crippen LogP contribution in [0, 0.1) is 0 Å². The fourth-order valence-corrected chi connectivity index (χ4v) is 1.03. The molecule has 0 aliphatic carbocycles. The third-order valence-corrected chi connectivity index (χ3v) is 1.77. The SMILES string of the molecule is COC(=O)c1cnc(CO)c(CF)c1. The molecule has 1 aromatic rings. The Morgan fingerprint density at radius 1 is 1.71 bits per heavy atom. The van der Waals surface area contributed by atoms with Crippen LogP contribution in [0.5, 0.6) is 0 Å². The molecule has 5 heteroatoms. The maximum atomic E-state index is 12.4. The van der Waals surface area contributed by atoms with E-state index in [1.807, 2.05) is 0 Å². The van der Waals surface area contributed by atoms with Gasteiger partial charge in [0.25, 0.3) is 0 Å². The first kappa shape index (κ1) is 10.6. The van der Waals surface area contributed by atoms with E-state index in [-0.39, 0.29) is 23.4 Å². The van der Waals surface area contributed by atoms with E-state index in [9.17, 15) is 9.18 Å². The second-order valence-electron chi connectivity index (χ2n) is 2.61. The molecule has 0 saturated carbocycles. The molecule has 0 amide bonds. The van der Waals surface area contributed by atoms with Crippen molar-refractivity contribution < 1.29 is 19.0 Å². The zero-order chi connectivity index (χ0) is 10.6. The number of rotatable bonds is 3. The summed E-state index contributed by atoms with van der Waals surface area (Å²) in [5.41, 5.74) is 0.618. The number of pyridine rings is 1. The second-order valence-corrected chi connectivity index (χ2v) is 2.61. The van der Waals surface area contributed by atoms with Crippen LogP contribution in [-0.4, -0.2) is 23.2 Å². The van der Waals surface area contributed by atoms with Crippen molar-refractivity contribution in [2.75, 3.05) is 7.11 Å². The quantitative estimate of drug-likeness (QED) is 0.732. The van der Waals surface area contributed by atoms with Gasteiger partial charge in [0.1, 0.15) is 6.67 Å². The molecule has 4 nitrogen and oxygen atoms in total. The van der Waals surface area contributed by atoms with Gasteiger partial charge in [-0.2, -0.15) is 0 Å². The number of ether oxygens (including phenoxy) is 1. The molecule has 1 N–H and O–H groups in total. The molecule has 0 unspecified atom stereocenters. The number of methoxy groups -OCH3 is 1. The first-order valence-corrected chi connectivity index (χ1v) is 3.95. The van der Waals surface area contributed by atoms with Gasteiger partial charge in [-0.3, -0.25) is 4.98 Å². The molecule has 0 aromatic carbocycles. The first-order valence-electron chi connectivity index (χ1n) is 3.95. The highest BCUT2D eigenvalue weighted by atomic mass is 19.1. The van der Waals surface area contributed by atoms with Crippen LogP contribution in [0.15, 0.2) is 12.3 Å². The van der Waals surface area contributed by atoms with E-state index >= 15 is 0 Å². The second kappa shape index (κ2) is 4.66. The van der Waals surface area contributed by atoms with Crippen molar-refractivity contribution in [3.8, 4) is 0 Å². The van der Waals surface area contributed by atoms with Crippen molar-refractivity contribution in [1.82, 2.24) is 4.98 Å². The van der Waals surface area contributed by atoms with Crippen LogP contribution >= 0.6 is 0 Å². The molecule has 76 valence electrons. The van der Waals surface area contributed by atoms with Gasteiger partial charge in [0.15, 0.2) is 0 Å². The molecule has 0 fully saturated rings. The molecule has 0 saturated heterocycles. The van der Waals surface area contributed by atoms with Gasteiger partial charge >= 0.3 is 5.97 Å². The van der Waals surface area contributed by atoms with Crippen molar-refractivity contribution in [1.29, 1.82) is 0 Å². The molecule has 0 aliphatic heterocycles. The third kappa shape index (κ3) is 2.05. The molecule has 0 aliphatic rings. The molecule has 1 aromatic heterocycles. The van der Waals surface area contributed by atoms with E-state index < -0.39 is 12.6 Å². The van der Waals surface area contributed by atoms with E-state index in [2.05, 4.69) is 9.72 Å². The number of hydrogen-bond acceptors (Lipinski definition) is 4. The Labute approximate surface area is 80.3 Å². The minimum Gasteiger partial charge on any atom is -0.465 e. The summed E-state index contributed by atoms with van der Waals surface area (Å²) in [6, 6.07) is 1.32. The number of aliphatic hydroxyl groups excluding tert-OH is 1. The van der Waals surface area contributed by atoms with E-state index in [0.717, 1.165) is 0 Å². The molecule has 1 heterocycles. The van der Waals surface area contributed by atoms with Gasteiger partial charge < -0.3 is 9.84 Å². The summed E-state index contributed by atoms with van der Waals surface area (Å²) in [6.45, 7) is -1.12. The zero-order valence-electron chi connectivity index (χ0n) is 7.66. The molecular formula is C9H10FNO3. The van der Waals surface area contributed by atoms with Gasteiger partial charge in [-0.25, -0.2) is 9.18 Å². The predicted molar refractivity (Wildman–Crippen MR) is 46.3 cm³/mol. The Bertz CT molecular complexity index is 341. The van der Waals surface area contributed by atoms with Crippen molar-refractivity contribution in [2.45, 2.75) is 13.3 Å². The lowest BCUT2D eigenvalue weighted by Crippen LogP contribution is -2.05. The number of aromatic nitrogens is 1. The molecular weight excluding hydrogens is 189 g/mol. The van der Waals surface area contributed by atoms with E-state index in [1.54, 1.807) is 0 Å². The maximum absolute atomic E-state index is 12.4. The lowest BCUT2D eigenvalue weighted by atomic mass is 10.1. The number of carbonyl (C=O) groups is 1. The van der Waals surface area contributed by atoms with Gasteiger partial charge in [-0.05, 0) is 6.07 Å². The van der Waals surface area contributed by atoms with Crippen molar-refractivity contribution in [2.24, 2.45) is 0 Å². The van der Waals surface area contributed by atoms with Crippen molar-refractivity contribution in [3.63, 3.8) is 0 Å². The average molecular weight is 199 g/mol. The Morgan fingerprint density at radius 2 is 2.43 bits per heavy atom. The summed E-state index contributed by atoms with van der Waals surface area (Å²) in [7, 11) is 1.23. The van der Waals surface area contributed by atoms with Crippen LogP contribution in [-0.2, 0) is 18.0 Å². The van der Waals surface area contributed by atoms with Gasteiger partial charge in [0.2, 0.25) is 0 Å². The predicted octanol–water partition coefficient (Wildman–Crippen LogP) is 0.830. The van der Waals surface area contributed by atoms with Gasteiger partial charge in [-0.1, -0.05) is 0 Å². The summed E-state index contributed by atoms with van der Waals surface area (Å²) in [5, 5.41) is 8.79. The standard InChI is InChI=1S/C9H10FNO3/c1-14-9(13)7-2-6(3-10)8(5-12)11-4-7/h2,4,12H,3,5H2,1H3. The van der Waals surface area contributed by atoms with Crippen LogP contribution in [0.25, 0.3) is 0 Å². The van der Waals surface area contributed by atoms with Crippen molar-refractivity contribution in [3.05, 3.63) is 29.1 Å². The minimum absolute atomic E-state index is 0.178. The normalized spacial score (nSPS) is 9.93. The molecule has 14 heavy (non-hydrogen) atoms. The Balaban J connectivity index is 3.07. The number of halogens is 1. The van der Waals surface area contributed by atoms with Crippen LogP contribution < -0.4 is 0 Å². The average Bonchev–Trinajstić information content (AvgIpc) is 2.26. The maximum Gasteiger partial charge on any atom is 0.339 e. The zero-order valence-corrected chi connectivity index (χ0v) is 7.66. The van der Waals surface area contributed by atoms with Crippen molar-refractivity contribution >= 4 is 5.97 Å². The van der Waals surface area contributed by atoms with Crippen LogP contribution in [0.3, 0.4) is 0 Å². The molecule has 0 radical (unpaired) electrons. The summed E-state index contributed by atoms with van der Waals surface area (Å²) < 4.78 is 16.9. The summed E-state index contributed by atoms with van der Waals surface area (Å²) >= 11 is 0. The minimum atomic E-state index is -0.770. The van der Waals surface area contributed by atoms with E-state index in [4.69, 9.17) is 5.11 Å². The monoisotopic (exact) mass is 199 g/mol. The Morgan fingerprint density at radius 3 is 2.93 bits per heavy atom. The lowest BCUT2D eigenvalue weighted by Gasteiger charge is -2.04. The molecule has 1 rings (SSSR count).